The van der Waals surface area contributed by atoms with Gasteiger partial charge in [-0.2, -0.15) is 0 Å². The van der Waals surface area contributed by atoms with Crippen molar-refractivity contribution in [1.29, 1.82) is 0 Å². The zero-order valence-electron chi connectivity index (χ0n) is 12.0. The fraction of sp³-hybridized carbons (Fsp3) is 0.625. The van der Waals surface area contributed by atoms with Crippen molar-refractivity contribution in [3.05, 3.63) is 33.8 Å². The van der Waals surface area contributed by atoms with E-state index in [1.807, 2.05) is 12.1 Å². The van der Waals surface area contributed by atoms with Gasteiger partial charge in [0.15, 0.2) is 0 Å². The molecule has 106 valence electrons. The van der Waals surface area contributed by atoms with Gasteiger partial charge in [-0.1, -0.05) is 50.0 Å². The topological polar surface area (TPSA) is 26.0 Å². The average molecular weight is 300 g/mol. The van der Waals surface area contributed by atoms with Crippen molar-refractivity contribution in [2.75, 3.05) is 0 Å². The molecule has 0 spiro atoms. The maximum Gasteiger partial charge on any atom is 0.0453 e. The van der Waals surface area contributed by atoms with Crippen LogP contribution in [0.1, 0.15) is 45.6 Å². The molecule has 0 amide bonds. The number of halogens is 2. The predicted molar refractivity (Wildman–Crippen MR) is 83.9 cm³/mol. The van der Waals surface area contributed by atoms with Crippen LogP contribution in [0.4, 0.5) is 0 Å². The number of rotatable bonds is 2. The molecular weight excluding hydrogens is 277 g/mol. The van der Waals surface area contributed by atoms with Crippen LogP contribution in [0.25, 0.3) is 0 Å². The second-order valence-electron chi connectivity index (χ2n) is 7.13. The molecule has 0 radical (unpaired) electrons. The van der Waals surface area contributed by atoms with Gasteiger partial charge in [0.05, 0.1) is 0 Å². The lowest BCUT2D eigenvalue weighted by atomic mass is 9.63. The molecule has 0 bridgehead atoms. The molecule has 0 saturated heterocycles. The van der Waals surface area contributed by atoms with E-state index in [9.17, 15) is 0 Å². The molecule has 1 aliphatic rings. The molecule has 1 aromatic rings. The van der Waals surface area contributed by atoms with E-state index < -0.39 is 0 Å². The van der Waals surface area contributed by atoms with Crippen LogP contribution in [0.2, 0.25) is 10.0 Å². The lowest BCUT2D eigenvalue weighted by Gasteiger charge is -2.46. The van der Waals surface area contributed by atoms with E-state index in [1.54, 1.807) is 6.07 Å². The standard InChI is InChI=1S/C16H23Cl2N/c1-11-7-15(2,3)10-16(19,8-11)9-12-4-5-13(17)6-14(12)18/h4-6,11H,7-10,19H2,1-3H3. The number of hydrogen-bond acceptors (Lipinski definition) is 1. The number of nitrogens with two attached hydrogens (primary N) is 1. The van der Waals surface area contributed by atoms with E-state index in [0.29, 0.717) is 16.4 Å². The minimum Gasteiger partial charge on any atom is -0.325 e. The van der Waals surface area contributed by atoms with Crippen LogP contribution in [-0.4, -0.2) is 5.54 Å². The largest absolute Gasteiger partial charge is 0.325 e. The van der Waals surface area contributed by atoms with Gasteiger partial charge >= 0.3 is 0 Å². The SMILES string of the molecule is CC1CC(C)(C)CC(N)(Cc2ccc(Cl)cc2Cl)C1. The molecule has 2 rings (SSSR count). The van der Waals surface area contributed by atoms with Gasteiger partial charge < -0.3 is 5.73 Å². The molecule has 0 aliphatic heterocycles. The van der Waals surface area contributed by atoms with Gasteiger partial charge in [0.2, 0.25) is 0 Å². The Balaban J connectivity index is 2.21. The van der Waals surface area contributed by atoms with Gasteiger partial charge in [-0.25, -0.2) is 0 Å². The molecule has 19 heavy (non-hydrogen) atoms. The Labute approximate surface area is 126 Å². The van der Waals surface area contributed by atoms with Gasteiger partial charge in [0, 0.05) is 15.6 Å². The van der Waals surface area contributed by atoms with Crippen LogP contribution in [0.3, 0.4) is 0 Å². The number of hydrogen-bond donors (Lipinski definition) is 1. The molecule has 1 aliphatic carbocycles. The van der Waals surface area contributed by atoms with E-state index >= 15 is 0 Å². The second kappa shape index (κ2) is 5.27. The molecule has 0 aromatic heterocycles. The Hall–Kier alpha value is -0.240. The Morgan fingerprint density at radius 2 is 1.95 bits per heavy atom. The molecule has 1 nitrogen and oxygen atoms in total. The van der Waals surface area contributed by atoms with Crippen LogP contribution in [0.15, 0.2) is 18.2 Å². The molecule has 2 N–H and O–H groups in total. The first-order chi connectivity index (χ1) is 8.69. The van der Waals surface area contributed by atoms with Crippen LogP contribution < -0.4 is 5.73 Å². The van der Waals surface area contributed by atoms with Crippen molar-refractivity contribution in [3.8, 4) is 0 Å². The van der Waals surface area contributed by atoms with E-state index in [1.165, 1.54) is 6.42 Å². The van der Waals surface area contributed by atoms with Gasteiger partial charge in [-0.3, -0.25) is 0 Å². The summed E-state index contributed by atoms with van der Waals surface area (Å²) in [4.78, 5) is 0. The van der Waals surface area contributed by atoms with Gasteiger partial charge in [0.25, 0.3) is 0 Å². The monoisotopic (exact) mass is 299 g/mol. The van der Waals surface area contributed by atoms with E-state index in [2.05, 4.69) is 20.8 Å². The highest BCUT2D eigenvalue weighted by atomic mass is 35.5. The van der Waals surface area contributed by atoms with Gasteiger partial charge in [-0.05, 0) is 54.7 Å². The first-order valence-electron chi connectivity index (χ1n) is 6.92. The molecule has 2 unspecified atom stereocenters. The summed E-state index contributed by atoms with van der Waals surface area (Å²) >= 11 is 12.2. The van der Waals surface area contributed by atoms with Crippen molar-refractivity contribution in [2.45, 2.75) is 52.0 Å². The Kier molecular flexibility index (Phi) is 4.21. The third-order valence-corrected chi connectivity index (χ3v) is 4.63. The van der Waals surface area contributed by atoms with Crippen molar-refractivity contribution < 1.29 is 0 Å². The normalized spacial score (nSPS) is 30.3. The van der Waals surface area contributed by atoms with Crippen LogP contribution in [-0.2, 0) is 6.42 Å². The van der Waals surface area contributed by atoms with E-state index in [-0.39, 0.29) is 5.54 Å². The molecule has 1 aromatic carbocycles. The maximum absolute atomic E-state index is 6.67. The zero-order chi connectivity index (χ0) is 14.3. The zero-order valence-corrected chi connectivity index (χ0v) is 13.5. The van der Waals surface area contributed by atoms with Gasteiger partial charge in [0.1, 0.15) is 0 Å². The van der Waals surface area contributed by atoms with Crippen molar-refractivity contribution in [2.24, 2.45) is 17.1 Å². The molecule has 0 heterocycles. The summed E-state index contributed by atoms with van der Waals surface area (Å²) in [5, 5.41) is 1.41. The smallest absolute Gasteiger partial charge is 0.0453 e. The molecule has 3 heteroatoms. The highest BCUT2D eigenvalue weighted by Crippen LogP contribution is 2.44. The summed E-state index contributed by atoms with van der Waals surface area (Å²) in [7, 11) is 0. The van der Waals surface area contributed by atoms with Crippen molar-refractivity contribution >= 4 is 23.2 Å². The number of benzene rings is 1. The second-order valence-corrected chi connectivity index (χ2v) is 7.97. The summed E-state index contributed by atoms with van der Waals surface area (Å²) in [5.74, 6) is 0.667. The highest BCUT2D eigenvalue weighted by Gasteiger charge is 2.40. The third kappa shape index (κ3) is 3.87. The Morgan fingerprint density at radius 3 is 2.53 bits per heavy atom. The molecule has 2 atom stereocenters. The van der Waals surface area contributed by atoms with Crippen LogP contribution in [0.5, 0.6) is 0 Å². The summed E-state index contributed by atoms with van der Waals surface area (Å²) < 4.78 is 0. The Bertz CT molecular complexity index is 470. The van der Waals surface area contributed by atoms with E-state index in [4.69, 9.17) is 28.9 Å². The van der Waals surface area contributed by atoms with Crippen molar-refractivity contribution in [1.82, 2.24) is 0 Å². The first kappa shape index (κ1) is 15.2. The predicted octanol–water partition coefficient (Wildman–Crippen LogP) is 5.08. The van der Waals surface area contributed by atoms with Gasteiger partial charge in [-0.15, -0.1) is 0 Å². The summed E-state index contributed by atoms with van der Waals surface area (Å²) in [6.45, 7) is 6.92. The molecular formula is C16H23Cl2N. The summed E-state index contributed by atoms with van der Waals surface area (Å²) in [5.41, 5.74) is 7.94. The quantitative estimate of drug-likeness (QED) is 0.810. The summed E-state index contributed by atoms with van der Waals surface area (Å²) in [6, 6.07) is 5.70. The lowest BCUT2D eigenvalue weighted by molar-refractivity contribution is 0.108. The lowest BCUT2D eigenvalue weighted by Crippen LogP contribution is -2.50. The highest BCUT2D eigenvalue weighted by molar-refractivity contribution is 6.35. The minimum absolute atomic E-state index is 0.154. The fourth-order valence-corrected chi connectivity index (χ4v) is 4.46. The van der Waals surface area contributed by atoms with E-state index in [0.717, 1.165) is 29.8 Å². The maximum atomic E-state index is 6.67. The third-order valence-electron chi connectivity index (χ3n) is 4.04. The Morgan fingerprint density at radius 1 is 1.26 bits per heavy atom. The molecule has 1 saturated carbocycles. The first-order valence-corrected chi connectivity index (χ1v) is 7.68. The van der Waals surface area contributed by atoms with Crippen LogP contribution in [0, 0.1) is 11.3 Å². The molecule has 1 fully saturated rings. The van der Waals surface area contributed by atoms with Crippen molar-refractivity contribution in [3.63, 3.8) is 0 Å². The van der Waals surface area contributed by atoms with Crippen LogP contribution >= 0.6 is 23.2 Å². The summed E-state index contributed by atoms with van der Waals surface area (Å²) in [6.07, 6.45) is 4.19. The fourth-order valence-electron chi connectivity index (χ4n) is 3.99. The average Bonchev–Trinajstić information content (AvgIpc) is 2.18. The minimum atomic E-state index is -0.154.